The second kappa shape index (κ2) is 82.6. The highest BCUT2D eigenvalue weighted by atomic mass is 31.2. The van der Waals surface area contributed by atoms with Gasteiger partial charge in [0.1, 0.15) is 19.3 Å². The van der Waals surface area contributed by atoms with Crippen molar-refractivity contribution in [1.82, 2.24) is 0 Å². The maximum atomic E-state index is 13.2. The third kappa shape index (κ3) is 83.8. The van der Waals surface area contributed by atoms with Gasteiger partial charge in [-0.1, -0.05) is 439 Å². The Kier molecular flexibility index (Phi) is 81.1. The molecule has 0 saturated carbocycles. The van der Waals surface area contributed by atoms with E-state index < -0.39 is 97.5 Å². The van der Waals surface area contributed by atoms with Crippen LogP contribution in [0.5, 0.6) is 0 Å². The summed E-state index contributed by atoms with van der Waals surface area (Å²) in [6, 6.07) is 0. The number of phosphoric acid groups is 2. The number of rotatable bonds is 90. The van der Waals surface area contributed by atoms with Crippen LogP contribution in [0.15, 0.2) is 0 Å². The molecular formula is C90H176O17P2. The fraction of sp³-hybridized carbons (Fsp3) is 0.956. The summed E-state index contributed by atoms with van der Waals surface area (Å²) in [5, 5.41) is 10.7. The molecule has 0 rings (SSSR count). The Morgan fingerprint density at radius 2 is 0.422 bits per heavy atom. The standard InChI is InChI=1S/C90H176O17P2/c1-6-9-12-15-18-21-24-27-29-31-32-33-34-36-42-46-51-56-61-66-71-76-90(95)107-86(80-101-88(93)74-69-64-59-54-49-44-40-38-37-39-43-47-52-57-62-67-72-83(4)5)82-105-109(98,99)103-78-84(91)77-102-108(96,97)104-81-85(79-100-87(92)73-68-63-58-53-48-26-23-20-17-14-11-8-3)106-89(94)75-70-65-60-55-50-45-41-35-30-28-25-22-19-16-13-10-7-2/h83-86,91H,6-82H2,1-5H3,(H,96,97)(H,98,99)/t84-,85+,86+/m0/s1. The van der Waals surface area contributed by atoms with Crippen molar-refractivity contribution < 1.29 is 80.2 Å². The topological polar surface area (TPSA) is 237 Å². The highest BCUT2D eigenvalue weighted by Crippen LogP contribution is 2.45. The zero-order valence-corrected chi connectivity index (χ0v) is 73.5. The summed E-state index contributed by atoms with van der Waals surface area (Å²) in [5.74, 6) is -1.28. The van der Waals surface area contributed by atoms with Crippen molar-refractivity contribution >= 4 is 39.5 Å². The molecule has 0 spiro atoms. The third-order valence-electron chi connectivity index (χ3n) is 21.3. The van der Waals surface area contributed by atoms with Crippen molar-refractivity contribution in [2.45, 2.75) is 509 Å². The molecule has 3 N–H and O–H groups in total. The van der Waals surface area contributed by atoms with E-state index in [9.17, 15) is 43.2 Å². The van der Waals surface area contributed by atoms with Crippen molar-refractivity contribution in [3.05, 3.63) is 0 Å². The molecule has 5 atom stereocenters. The van der Waals surface area contributed by atoms with E-state index in [1.165, 1.54) is 315 Å². The highest BCUT2D eigenvalue weighted by Gasteiger charge is 2.31. The van der Waals surface area contributed by atoms with Crippen molar-refractivity contribution in [3.8, 4) is 0 Å². The zero-order chi connectivity index (χ0) is 79.7. The van der Waals surface area contributed by atoms with Gasteiger partial charge >= 0.3 is 39.5 Å². The van der Waals surface area contributed by atoms with E-state index in [2.05, 4.69) is 34.6 Å². The molecule has 0 bridgehead atoms. The second-order valence-corrected chi connectivity index (χ2v) is 35.7. The molecule has 0 aromatic carbocycles. The maximum absolute atomic E-state index is 13.2. The molecule has 2 unspecified atom stereocenters. The Bertz CT molecular complexity index is 2070. The zero-order valence-electron chi connectivity index (χ0n) is 71.7. The molecule has 0 radical (unpaired) electrons. The van der Waals surface area contributed by atoms with Crippen LogP contribution in [0.3, 0.4) is 0 Å². The number of aliphatic hydroxyl groups excluding tert-OH is 1. The van der Waals surface area contributed by atoms with E-state index in [0.717, 1.165) is 95.8 Å². The lowest BCUT2D eigenvalue weighted by molar-refractivity contribution is -0.161. The number of aliphatic hydroxyl groups is 1. The van der Waals surface area contributed by atoms with E-state index in [-0.39, 0.29) is 25.7 Å². The normalized spacial score (nSPS) is 13.7. The summed E-state index contributed by atoms with van der Waals surface area (Å²) in [5.41, 5.74) is 0. The van der Waals surface area contributed by atoms with Crippen LogP contribution in [-0.4, -0.2) is 96.7 Å². The van der Waals surface area contributed by atoms with Crippen LogP contribution in [0.4, 0.5) is 0 Å². The molecule has 0 aromatic heterocycles. The average Bonchev–Trinajstić information content (AvgIpc) is 0.900. The van der Waals surface area contributed by atoms with Gasteiger partial charge in [0.05, 0.1) is 26.4 Å². The molecular weight excluding hydrogens is 1410 g/mol. The van der Waals surface area contributed by atoms with Gasteiger partial charge in [-0.05, 0) is 31.6 Å². The molecule has 0 aromatic rings. The molecule has 109 heavy (non-hydrogen) atoms. The number of carbonyl (C=O) groups is 4. The van der Waals surface area contributed by atoms with Crippen LogP contribution < -0.4 is 0 Å². The minimum atomic E-state index is -4.97. The van der Waals surface area contributed by atoms with Crippen molar-refractivity contribution in [3.63, 3.8) is 0 Å². The van der Waals surface area contributed by atoms with Crippen LogP contribution in [0.2, 0.25) is 0 Å². The first-order valence-electron chi connectivity index (χ1n) is 46.6. The summed E-state index contributed by atoms with van der Waals surface area (Å²) < 4.78 is 69.1. The molecule has 19 heteroatoms. The molecule has 0 saturated heterocycles. The van der Waals surface area contributed by atoms with Crippen LogP contribution in [0, 0.1) is 5.92 Å². The van der Waals surface area contributed by atoms with Gasteiger partial charge < -0.3 is 33.8 Å². The molecule has 648 valence electrons. The second-order valence-electron chi connectivity index (χ2n) is 32.8. The summed E-state index contributed by atoms with van der Waals surface area (Å²) in [4.78, 5) is 73.4. The Labute approximate surface area is 670 Å². The molecule has 0 amide bonds. The van der Waals surface area contributed by atoms with Gasteiger partial charge in [-0.25, -0.2) is 9.13 Å². The van der Waals surface area contributed by atoms with E-state index in [1.54, 1.807) is 0 Å². The lowest BCUT2D eigenvalue weighted by atomic mass is 10.0. The number of ether oxygens (including phenoxy) is 4. The van der Waals surface area contributed by atoms with Crippen molar-refractivity contribution in [2.75, 3.05) is 39.6 Å². The minimum absolute atomic E-state index is 0.109. The molecule has 0 fully saturated rings. The van der Waals surface area contributed by atoms with Gasteiger partial charge in [-0.15, -0.1) is 0 Å². The van der Waals surface area contributed by atoms with Crippen LogP contribution in [0.1, 0.15) is 490 Å². The fourth-order valence-electron chi connectivity index (χ4n) is 14.2. The number of hydrogen-bond donors (Lipinski definition) is 3. The summed E-state index contributed by atoms with van der Waals surface area (Å²) in [6.07, 6.45) is 77.8. The van der Waals surface area contributed by atoms with Crippen LogP contribution >= 0.6 is 15.6 Å². The molecule has 0 heterocycles. The number of phosphoric ester groups is 2. The first kappa shape index (κ1) is 107. The molecule has 0 aliphatic carbocycles. The lowest BCUT2D eigenvalue weighted by Gasteiger charge is -2.21. The Hall–Kier alpha value is -1.94. The van der Waals surface area contributed by atoms with Gasteiger partial charge in [0.2, 0.25) is 0 Å². The van der Waals surface area contributed by atoms with Gasteiger partial charge in [-0.3, -0.25) is 37.3 Å². The predicted octanol–water partition coefficient (Wildman–Crippen LogP) is 27.9. The van der Waals surface area contributed by atoms with Crippen LogP contribution in [-0.2, 0) is 65.4 Å². The first-order chi connectivity index (χ1) is 53.0. The van der Waals surface area contributed by atoms with Crippen LogP contribution in [0.25, 0.3) is 0 Å². The SMILES string of the molecule is CCCCCCCCCCCCCCCCCCCCCCCC(=O)O[C@H](COC(=O)CCCCCCCCCCCCCCCCCCC(C)C)COP(=O)(O)OC[C@@H](O)COP(=O)(O)OC[C@@H](COC(=O)CCCCCCCCCCCCCC)OC(=O)CCCCCCCCCCCCCCCCCCC. The maximum Gasteiger partial charge on any atom is 0.472 e. The number of unbranched alkanes of at least 4 members (excludes halogenated alkanes) is 62. The third-order valence-corrected chi connectivity index (χ3v) is 23.2. The predicted molar refractivity (Wildman–Crippen MR) is 451 cm³/mol. The van der Waals surface area contributed by atoms with Gasteiger partial charge in [0.15, 0.2) is 12.2 Å². The first-order valence-corrected chi connectivity index (χ1v) is 49.6. The Balaban J connectivity index is 5.24. The van der Waals surface area contributed by atoms with E-state index in [0.29, 0.717) is 25.7 Å². The summed E-state index contributed by atoms with van der Waals surface area (Å²) in [6.45, 7) is 7.43. The van der Waals surface area contributed by atoms with Crippen molar-refractivity contribution in [1.29, 1.82) is 0 Å². The molecule has 17 nitrogen and oxygen atoms in total. The van der Waals surface area contributed by atoms with E-state index in [1.807, 2.05) is 0 Å². The van der Waals surface area contributed by atoms with Gasteiger partial charge in [0.25, 0.3) is 0 Å². The molecule has 0 aliphatic heterocycles. The number of carbonyl (C=O) groups excluding carboxylic acids is 4. The Morgan fingerprint density at radius 1 is 0.248 bits per heavy atom. The fourth-order valence-corrected chi connectivity index (χ4v) is 15.8. The van der Waals surface area contributed by atoms with Gasteiger partial charge in [0, 0.05) is 25.7 Å². The summed E-state index contributed by atoms with van der Waals surface area (Å²) >= 11 is 0. The quantitative estimate of drug-likeness (QED) is 0.0222. The monoisotopic (exact) mass is 1590 g/mol. The van der Waals surface area contributed by atoms with E-state index in [4.69, 9.17) is 37.0 Å². The van der Waals surface area contributed by atoms with Gasteiger partial charge in [-0.2, -0.15) is 0 Å². The van der Waals surface area contributed by atoms with E-state index >= 15 is 0 Å². The molecule has 0 aliphatic rings. The largest absolute Gasteiger partial charge is 0.472 e. The smallest absolute Gasteiger partial charge is 0.462 e. The Morgan fingerprint density at radius 3 is 0.624 bits per heavy atom. The lowest BCUT2D eigenvalue weighted by Crippen LogP contribution is -2.30. The number of hydrogen-bond acceptors (Lipinski definition) is 15. The average molecular weight is 1590 g/mol. The highest BCUT2D eigenvalue weighted by molar-refractivity contribution is 7.47. The minimum Gasteiger partial charge on any atom is -0.462 e. The summed E-state index contributed by atoms with van der Waals surface area (Å²) in [7, 11) is -9.93. The number of esters is 4. The van der Waals surface area contributed by atoms with Crippen molar-refractivity contribution in [2.24, 2.45) is 5.92 Å².